The molecule has 27 heavy (non-hydrogen) atoms. The number of piperazine rings is 1. The number of ether oxygens (including phenoxy) is 1. The first kappa shape index (κ1) is 19.8. The Balaban J connectivity index is 1.68. The van der Waals surface area contributed by atoms with E-state index in [2.05, 4.69) is 4.90 Å². The molecule has 0 N–H and O–H groups in total. The van der Waals surface area contributed by atoms with E-state index in [-0.39, 0.29) is 5.82 Å². The minimum atomic E-state index is -3.50. The van der Waals surface area contributed by atoms with Crippen LogP contribution in [0.4, 0.5) is 4.39 Å². The molecule has 0 radical (unpaired) electrons. The number of methoxy groups -OCH3 is 1. The van der Waals surface area contributed by atoms with Gasteiger partial charge in [0.2, 0.25) is 10.0 Å². The molecule has 146 valence electrons. The summed E-state index contributed by atoms with van der Waals surface area (Å²) in [5.41, 5.74) is 2.80. The third kappa shape index (κ3) is 4.31. The van der Waals surface area contributed by atoms with Gasteiger partial charge in [-0.3, -0.25) is 4.90 Å². The van der Waals surface area contributed by atoms with Gasteiger partial charge in [0, 0.05) is 38.3 Å². The number of aryl methyl sites for hydroxylation is 2. The van der Waals surface area contributed by atoms with E-state index in [0.717, 1.165) is 16.7 Å². The summed E-state index contributed by atoms with van der Waals surface area (Å²) in [7, 11) is -1.93. The molecule has 2 aromatic rings. The van der Waals surface area contributed by atoms with Crippen LogP contribution in [-0.2, 0) is 16.6 Å². The number of rotatable bonds is 5. The van der Waals surface area contributed by atoms with Gasteiger partial charge in [-0.15, -0.1) is 0 Å². The van der Waals surface area contributed by atoms with Gasteiger partial charge < -0.3 is 4.74 Å². The Labute approximate surface area is 160 Å². The molecule has 0 aliphatic carbocycles. The van der Waals surface area contributed by atoms with Crippen LogP contribution < -0.4 is 4.74 Å². The topological polar surface area (TPSA) is 49.9 Å². The van der Waals surface area contributed by atoms with Crippen molar-refractivity contribution < 1.29 is 17.5 Å². The summed E-state index contributed by atoms with van der Waals surface area (Å²) < 4.78 is 46.2. The minimum Gasteiger partial charge on any atom is -0.496 e. The third-order valence-corrected chi connectivity index (χ3v) is 6.98. The highest BCUT2D eigenvalue weighted by Gasteiger charge is 2.29. The lowest BCUT2D eigenvalue weighted by Gasteiger charge is -2.34. The molecule has 1 aliphatic heterocycles. The number of halogens is 1. The van der Waals surface area contributed by atoms with Gasteiger partial charge in [0.1, 0.15) is 11.6 Å². The molecule has 0 aromatic heterocycles. The van der Waals surface area contributed by atoms with E-state index in [9.17, 15) is 12.8 Å². The zero-order valence-corrected chi connectivity index (χ0v) is 16.7. The summed E-state index contributed by atoms with van der Waals surface area (Å²) in [6.45, 7) is 6.40. The van der Waals surface area contributed by atoms with Crippen LogP contribution in [0.5, 0.6) is 5.75 Å². The van der Waals surface area contributed by atoms with Gasteiger partial charge in [0.15, 0.2) is 0 Å². The molecule has 1 heterocycles. The lowest BCUT2D eigenvalue weighted by molar-refractivity contribution is 0.180. The van der Waals surface area contributed by atoms with E-state index < -0.39 is 10.0 Å². The summed E-state index contributed by atoms with van der Waals surface area (Å²) in [6, 6.07) is 9.70. The van der Waals surface area contributed by atoms with E-state index in [1.807, 2.05) is 19.9 Å². The molecule has 2 aromatic carbocycles. The molecule has 0 unspecified atom stereocenters. The van der Waals surface area contributed by atoms with Crippen molar-refractivity contribution in [3.63, 3.8) is 0 Å². The lowest BCUT2D eigenvalue weighted by atomic mass is 10.1. The molecule has 0 amide bonds. The average molecular weight is 392 g/mol. The molecule has 5 nitrogen and oxygen atoms in total. The van der Waals surface area contributed by atoms with Gasteiger partial charge in [-0.2, -0.15) is 4.31 Å². The van der Waals surface area contributed by atoms with Gasteiger partial charge in [-0.1, -0.05) is 6.07 Å². The van der Waals surface area contributed by atoms with Crippen molar-refractivity contribution in [2.24, 2.45) is 0 Å². The Kier molecular flexibility index (Phi) is 5.83. The summed E-state index contributed by atoms with van der Waals surface area (Å²) >= 11 is 0. The largest absolute Gasteiger partial charge is 0.496 e. The maximum Gasteiger partial charge on any atom is 0.243 e. The fourth-order valence-corrected chi connectivity index (χ4v) is 4.77. The monoisotopic (exact) mass is 392 g/mol. The summed E-state index contributed by atoms with van der Waals surface area (Å²) in [6.07, 6.45) is 0. The van der Waals surface area contributed by atoms with Gasteiger partial charge in [-0.05, 0) is 55.3 Å². The molecular weight excluding hydrogens is 367 g/mol. The smallest absolute Gasteiger partial charge is 0.243 e. The molecule has 0 saturated carbocycles. The Morgan fingerprint density at radius 2 is 1.70 bits per heavy atom. The van der Waals surface area contributed by atoms with Crippen molar-refractivity contribution in [2.45, 2.75) is 25.3 Å². The Bertz CT molecular complexity index is 923. The first-order valence-corrected chi connectivity index (χ1v) is 10.4. The Morgan fingerprint density at radius 1 is 1.00 bits per heavy atom. The van der Waals surface area contributed by atoms with Crippen LogP contribution in [0.3, 0.4) is 0 Å². The SMILES string of the molecule is COc1ccc(F)cc1CN1CCN(S(=O)(=O)c2ccc(C)c(C)c2)CC1. The third-order valence-electron chi connectivity index (χ3n) is 5.08. The molecule has 1 aliphatic rings. The Hall–Kier alpha value is -1.96. The van der Waals surface area contributed by atoms with Crippen LogP contribution in [0.25, 0.3) is 0 Å². The summed E-state index contributed by atoms with van der Waals surface area (Å²) in [5, 5.41) is 0. The van der Waals surface area contributed by atoms with E-state index >= 15 is 0 Å². The lowest BCUT2D eigenvalue weighted by Crippen LogP contribution is -2.48. The zero-order valence-electron chi connectivity index (χ0n) is 15.9. The standard InChI is InChI=1S/C20H25FN2O3S/c1-15-4-6-19(12-16(15)2)27(24,25)23-10-8-22(9-11-23)14-17-13-18(21)5-7-20(17)26-3/h4-7,12-13H,8-11,14H2,1-3H3. The fourth-order valence-electron chi connectivity index (χ4n) is 3.26. The molecule has 1 fully saturated rings. The first-order chi connectivity index (χ1) is 12.8. The van der Waals surface area contributed by atoms with E-state index in [1.54, 1.807) is 25.3 Å². The molecule has 0 spiro atoms. The Morgan fingerprint density at radius 3 is 2.33 bits per heavy atom. The quantitative estimate of drug-likeness (QED) is 0.785. The highest BCUT2D eigenvalue weighted by molar-refractivity contribution is 7.89. The average Bonchev–Trinajstić information content (AvgIpc) is 2.64. The second-order valence-electron chi connectivity index (χ2n) is 6.88. The molecule has 1 saturated heterocycles. The van der Waals surface area contributed by atoms with Crippen LogP contribution in [0, 0.1) is 19.7 Å². The molecule has 0 atom stereocenters. The van der Waals surface area contributed by atoms with Crippen molar-refractivity contribution in [3.05, 3.63) is 58.9 Å². The second-order valence-corrected chi connectivity index (χ2v) is 8.82. The number of sulfonamides is 1. The van der Waals surface area contributed by atoms with Crippen molar-refractivity contribution >= 4 is 10.0 Å². The fraction of sp³-hybridized carbons (Fsp3) is 0.400. The van der Waals surface area contributed by atoms with E-state index in [1.165, 1.54) is 16.4 Å². The van der Waals surface area contributed by atoms with Crippen LogP contribution in [-0.4, -0.2) is 50.9 Å². The van der Waals surface area contributed by atoms with Crippen LogP contribution in [0.1, 0.15) is 16.7 Å². The number of hydrogen-bond donors (Lipinski definition) is 0. The predicted molar refractivity (Wildman–Crippen MR) is 103 cm³/mol. The van der Waals surface area contributed by atoms with Crippen LogP contribution in [0.15, 0.2) is 41.3 Å². The maximum absolute atomic E-state index is 13.5. The van der Waals surface area contributed by atoms with Crippen molar-refractivity contribution in [3.8, 4) is 5.75 Å². The van der Waals surface area contributed by atoms with Crippen molar-refractivity contribution in [2.75, 3.05) is 33.3 Å². The van der Waals surface area contributed by atoms with Crippen molar-refractivity contribution in [1.29, 1.82) is 0 Å². The van der Waals surface area contributed by atoms with Gasteiger partial charge in [-0.25, -0.2) is 12.8 Å². The minimum absolute atomic E-state index is 0.304. The van der Waals surface area contributed by atoms with Gasteiger partial charge in [0.05, 0.1) is 12.0 Å². The molecular formula is C20H25FN2O3S. The number of benzene rings is 2. The van der Waals surface area contributed by atoms with Gasteiger partial charge in [0.25, 0.3) is 0 Å². The second kappa shape index (κ2) is 7.96. The summed E-state index contributed by atoms with van der Waals surface area (Å²) in [4.78, 5) is 2.45. The highest BCUT2D eigenvalue weighted by atomic mass is 32.2. The summed E-state index contributed by atoms with van der Waals surface area (Å²) in [5.74, 6) is 0.336. The zero-order chi connectivity index (χ0) is 19.6. The van der Waals surface area contributed by atoms with Crippen LogP contribution in [0.2, 0.25) is 0 Å². The number of hydrogen-bond acceptors (Lipinski definition) is 4. The predicted octanol–water partition coefficient (Wildman–Crippen LogP) is 2.96. The number of nitrogens with zero attached hydrogens (tertiary/aromatic N) is 2. The van der Waals surface area contributed by atoms with E-state index in [0.29, 0.717) is 43.4 Å². The normalized spacial score (nSPS) is 16.4. The molecule has 7 heteroatoms. The first-order valence-electron chi connectivity index (χ1n) is 8.93. The van der Waals surface area contributed by atoms with Gasteiger partial charge >= 0.3 is 0 Å². The van der Waals surface area contributed by atoms with E-state index in [4.69, 9.17) is 4.74 Å². The molecule has 3 rings (SSSR count). The van der Waals surface area contributed by atoms with Crippen LogP contribution >= 0.6 is 0 Å². The molecule has 0 bridgehead atoms. The maximum atomic E-state index is 13.5. The highest BCUT2D eigenvalue weighted by Crippen LogP contribution is 2.24. The van der Waals surface area contributed by atoms with Crippen molar-refractivity contribution in [1.82, 2.24) is 9.21 Å².